The number of hydrogen-bond donors (Lipinski definition) is 1. The second kappa shape index (κ2) is 5.96. The van der Waals surface area contributed by atoms with Gasteiger partial charge in [0.25, 0.3) is 0 Å². The summed E-state index contributed by atoms with van der Waals surface area (Å²) in [6, 6.07) is -0.396. The lowest BCUT2D eigenvalue weighted by Gasteiger charge is -2.26. The molecule has 19 heavy (non-hydrogen) atoms. The molecule has 2 saturated heterocycles. The van der Waals surface area contributed by atoms with Crippen LogP contribution in [0, 0.1) is 0 Å². The predicted molar refractivity (Wildman–Crippen MR) is 59.5 cm³/mol. The molecule has 5 nitrogen and oxygen atoms in total. The number of likely N-dealkylation sites (tertiary alicyclic amines) is 1. The highest BCUT2D eigenvalue weighted by Crippen LogP contribution is 2.24. The third-order valence-electron chi connectivity index (χ3n) is 3.22. The Morgan fingerprint density at radius 1 is 1.37 bits per heavy atom. The van der Waals surface area contributed by atoms with Gasteiger partial charge in [-0.3, -0.25) is 4.74 Å². The second-order valence-corrected chi connectivity index (χ2v) is 4.78. The van der Waals surface area contributed by atoms with E-state index in [1.54, 1.807) is 0 Å². The average Bonchev–Trinajstić information content (AvgIpc) is 2.76. The van der Waals surface area contributed by atoms with Crippen LogP contribution < -0.4 is 5.32 Å². The number of rotatable bonds is 2. The zero-order valence-corrected chi connectivity index (χ0v) is 10.4. The Labute approximate surface area is 109 Å². The fraction of sp³-hybridized carbons (Fsp3) is 0.909. The van der Waals surface area contributed by atoms with Gasteiger partial charge in [0.1, 0.15) is 0 Å². The molecule has 0 aromatic heterocycles. The Bertz CT molecular complexity index is 319. The topological polar surface area (TPSA) is 50.8 Å². The van der Waals surface area contributed by atoms with Gasteiger partial charge in [0.2, 0.25) is 0 Å². The summed E-state index contributed by atoms with van der Waals surface area (Å²) >= 11 is 0. The first-order valence-electron chi connectivity index (χ1n) is 6.32. The minimum Gasteiger partial charge on any atom is -0.379 e. The van der Waals surface area contributed by atoms with E-state index in [1.807, 2.05) is 0 Å². The number of hydrogen-bond acceptors (Lipinski definition) is 3. The predicted octanol–water partition coefficient (Wildman–Crippen LogP) is 1.49. The third-order valence-corrected chi connectivity index (χ3v) is 3.22. The molecule has 2 aliphatic rings. The minimum absolute atomic E-state index is 0.0288. The molecule has 0 spiro atoms. The molecule has 0 aliphatic carbocycles. The monoisotopic (exact) mass is 282 g/mol. The van der Waals surface area contributed by atoms with Crippen molar-refractivity contribution in [3.8, 4) is 0 Å². The van der Waals surface area contributed by atoms with Crippen molar-refractivity contribution in [1.82, 2.24) is 10.2 Å². The van der Waals surface area contributed by atoms with Crippen LogP contribution in [0.4, 0.5) is 18.0 Å². The quantitative estimate of drug-likeness (QED) is 0.834. The number of nitrogens with zero attached hydrogens (tertiary/aromatic N) is 1. The first-order valence-corrected chi connectivity index (χ1v) is 6.32. The van der Waals surface area contributed by atoms with Crippen LogP contribution in [0.5, 0.6) is 0 Å². The number of carbonyl (C=O) groups is 1. The van der Waals surface area contributed by atoms with Crippen LogP contribution in [-0.2, 0) is 9.47 Å². The van der Waals surface area contributed by atoms with Crippen LogP contribution in [0.3, 0.4) is 0 Å². The normalized spacial score (nSPS) is 28.5. The van der Waals surface area contributed by atoms with Gasteiger partial charge < -0.3 is 15.0 Å². The summed E-state index contributed by atoms with van der Waals surface area (Å²) in [4.78, 5) is 13.2. The molecule has 1 N–H and O–H groups in total. The molecule has 2 aliphatic heterocycles. The highest BCUT2D eigenvalue weighted by molar-refractivity contribution is 5.74. The number of carbonyl (C=O) groups excluding carboxylic acids is 1. The molecule has 2 amide bonds. The van der Waals surface area contributed by atoms with Gasteiger partial charge in [-0.05, 0) is 19.3 Å². The molecule has 0 aromatic carbocycles. The fourth-order valence-electron chi connectivity index (χ4n) is 2.32. The van der Waals surface area contributed by atoms with Crippen molar-refractivity contribution in [3.05, 3.63) is 0 Å². The molecule has 0 radical (unpaired) electrons. The van der Waals surface area contributed by atoms with Crippen molar-refractivity contribution >= 4 is 6.03 Å². The summed E-state index contributed by atoms with van der Waals surface area (Å²) in [6.45, 7) is 1.40. The van der Waals surface area contributed by atoms with Gasteiger partial charge in [-0.15, -0.1) is 13.2 Å². The first-order chi connectivity index (χ1) is 8.94. The van der Waals surface area contributed by atoms with Gasteiger partial charge >= 0.3 is 12.4 Å². The van der Waals surface area contributed by atoms with Gasteiger partial charge in [-0.25, -0.2) is 4.79 Å². The summed E-state index contributed by atoms with van der Waals surface area (Å²) in [5, 5.41) is 2.77. The first kappa shape index (κ1) is 14.4. The lowest BCUT2D eigenvalue weighted by atomic mass is 10.1. The maximum Gasteiger partial charge on any atom is 0.522 e. The number of halogens is 3. The van der Waals surface area contributed by atoms with Crippen LogP contribution in [0.25, 0.3) is 0 Å². The van der Waals surface area contributed by atoms with E-state index in [4.69, 9.17) is 4.74 Å². The van der Waals surface area contributed by atoms with Crippen molar-refractivity contribution in [3.63, 3.8) is 0 Å². The summed E-state index contributed by atoms with van der Waals surface area (Å²) in [5.41, 5.74) is 0. The van der Waals surface area contributed by atoms with E-state index in [0.29, 0.717) is 13.2 Å². The van der Waals surface area contributed by atoms with Crippen LogP contribution >= 0.6 is 0 Å². The van der Waals surface area contributed by atoms with E-state index in [0.717, 1.165) is 12.8 Å². The van der Waals surface area contributed by atoms with E-state index in [9.17, 15) is 18.0 Å². The van der Waals surface area contributed by atoms with Crippen molar-refractivity contribution in [1.29, 1.82) is 0 Å². The second-order valence-electron chi connectivity index (χ2n) is 4.78. The van der Waals surface area contributed by atoms with E-state index >= 15 is 0 Å². The molecule has 2 atom stereocenters. The van der Waals surface area contributed by atoms with E-state index < -0.39 is 12.5 Å². The molecule has 8 heteroatoms. The average molecular weight is 282 g/mol. The number of nitrogens with one attached hydrogen (secondary N) is 1. The minimum atomic E-state index is -4.64. The summed E-state index contributed by atoms with van der Waals surface area (Å²) < 4.78 is 45.3. The van der Waals surface area contributed by atoms with Crippen LogP contribution in [-0.4, -0.2) is 55.7 Å². The highest BCUT2D eigenvalue weighted by Gasteiger charge is 2.38. The molecule has 2 fully saturated rings. The van der Waals surface area contributed by atoms with E-state index in [2.05, 4.69) is 10.1 Å². The van der Waals surface area contributed by atoms with Crippen molar-refractivity contribution in [2.24, 2.45) is 0 Å². The van der Waals surface area contributed by atoms with E-state index in [1.165, 1.54) is 4.90 Å². The zero-order valence-electron chi connectivity index (χ0n) is 10.4. The molecule has 2 unspecified atom stereocenters. The number of alkyl halides is 3. The van der Waals surface area contributed by atoms with Crippen molar-refractivity contribution < 1.29 is 27.4 Å². The smallest absolute Gasteiger partial charge is 0.379 e. The number of urea groups is 1. The SMILES string of the molecule is O=C(NC1CCCOC1)N1CCC(OC(F)(F)F)C1. The molecule has 0 saturated carbocycles. The van der Waals surface area contributed by atoms with Gasteiger partial charge in [-0.1, -0.05) is 0 Å². The standard InChI is InChI=1S/C11H17F3N2O3/c12-11(13,14)19-9-3-4-16(6-9)10(17)15-8-2-1-5-18-7-8/h8-9H,1-7H2,(H,15,17). The Morgan fingerprint density at radius 2 is 2.16 bits per heavy atom. The van der Waals surface area contributed by atoms with Crippen LogP contribution in [0.15, 0.2) is 0 Å². The molecular weight excluding hydrogens is 265 g/mol. The van der Waals surface area contributed by atoms with E-state index in [-0.39, 0.29) is 31.6 Å². The Hall–Kier alpha value is -1.02. The Morgan fingerprint density at radius 3 is 2.79 bits per heavy atom. The lowest BCUT2D eigenvalue weighted by molar-refractivity contribution is -0.340. The van der Waals surface area contributed by atoms with Gasteiger partial charge in [0.15, 0.2) is 0 Å². The summed E-state index contributed by atoms with van der Waals surface area (Å²) in [6.07, 6.45) is -3.69. The van der Waals surface area contributed by atoms with Crippen molar-refractivity contribution in [2.75, 3.05) is 26.3 Å². The largest absolute Gasteiger partial charge is 0.522 e. The zero-order chi connectivity index (χ0) is 13.9. The molecule has 2 heterocycles. The molecular formula is C11H17F3N2O3. The molecule has 110 valence electrons. The van der Waals surface area contributed by atoms with Gasteiger partial charge in [0.05, 0.1) is 18.8 Å². The summed E-state index contributed by atoms with van der Waals surface area (Å²) in [7, 11) is 0. The van der Waals surface area contributed by atoms with Gasteiger partial charge in [0, 0.05) is 19.7 Å². The van der Waals surface area contributed by atoms with Crippen LogP contribution in [0.1, 0.15) is 19.3 Å². The molecule has 0 bridgehead atoms. The van der Waals surface area contributed by atoms with Crippen molar-refractivity contribution in [2.45, 2.75) is 37.8 Å². The summed E-state index contributed by atoms with van der Waals surface area (Å²) in [5.74, 6) is 0. The highest BCUT2D eigenvalue weighted by atomic mass is 19.4. The fourth-order valence-corrected chi connectivity index (χ4v) is 2.32. The van der Waals surface area contributed by atoms with Gasteiger partial charge in [-0.2, -0.15) is 0 Å². The van der Waals surface area contributed by atoms with Crippen LogP contribution in [0.2, 0.25) is 0 Å². The maximum atomic E-state index is 12.1. The number of ether oxygens (including phenoxy) is 2. The Balaban J connectivity index is 1.75. The Kier molecular flexibility index (Phi) is 4.51. The maximum absolute atomic E-state index is 12.1. The molecule has 2 rings (SSSR count). The third kappa shape index (κ3) is 4.54. The number of amides is 2. The molecule has 0 aromatic rings. The lowest BCUT2D eigenvalue weighted by Crippen LogP contribution is -2.47.